The number of amides is 2. The molecule has 0 radical (unpaired) electrons. The minimum absolute atomic E-state index is 0.0317. The summed E-state index contributed by atoms with van der Waals surface area (Å²) in [4.78, 5) is 11.5. The Morgan fingerprint density at radius 3 is 2.24 bits per heavy atom. The van der Waals surface area contributed by atoms with Crippen LogP contribution in [0.25, 0.3) is 0 Å². The highest BCUT2D eigenvalue weighted by Gasteiger charge is 2.25. The predicted molar refractivity (Wildman–Crippen MR) is 71.0 cm³/mol. The van der Waals surface area contributed by atoms with Crippen LogP contribution in [-0.4, -0.2) is 30.8 Å². The van der Waals surface area contributed by atoms with Gasteiger partial charge in [-0.25, -0.2) is 4.79 Å². The number of rotatable bonds is 8. The normalized spacial score (nSPS) is 11.6. The summed E-state index contributed by atoms with van der Waals surface area (Å²) in [5.41, 5.74) is 0.0317. The van der Waals surface area contributed by atoms with E-state index in [1.165, 1.54) is 0 Å². The topological polar surface area (TPSA) is 61.4 Å². The van der Waals surface area contributed by atoms with Crippen LogP contribution in [0.5, 0.6) is 0 Å². The van der Waals surface area contributed by atoms with Crippen molar-refractivity contribution >= 4 is 6.03 Å². The molecule has 0 heterocycles. The summed E-state index contributed by atoms with van der Waals surface area (Å²) in [5.74, 6) is 0.459. The van der Waals surface area contributed by atoms with Gasteiger partial charge in [0.25, 0.3) is 0 Å². The maximum absolute atomic E-state index is 11.5. The van der Waals surface area contributed by atoms with Crippen LogP contribution in [0.2, 0.25) is 0 Å². The van der Waals surface area contributed by atoms with Crippen molar-refractivity contribution in [2.24, 2.45) is 11.3 Å². The highest BCUT2D eigenvalue weighted by Crippen LogP contribution is 2.29. The average Bonchev–Trinajstić information content (AvgIpc) is 2.32. The Hall–Kier alpha value is -0.770. The third-order valence-electron chi connectivity index (χ3n) is 3.44. The van der Waals surface area contributed by atoms with Crippen LogP contribution in [0.4, 0.5) is 4.79 Å². The Bertz CT molecular complexity index is 213. The summed E-state index contributed by atoms with van der Waals surface area (Å²) in [7, 11) is 0. The van der Waals surface area contributed by atoms with Gasteiger partial charge in [0, 0.05) is 19.7 Å². The molecule has 2 amide bonds. The molecule has 0 aliphatic carbocycles. The molecule has 0 atom stereocenters. The lowest BCUT2D eigenvalue weighted by atomic mass is 9.79. The minimum Gasteiger partial charge on any atom is -0.396 e. The van der Waals surface area contributed by atoms with Gasteiger partial charge in [0.15, 0.2) is 0 Å². The summed E-state index contributed by atoms with van der Waals surface area (Å²) < 4.78 is 0. The molecule has 0 aromatic carbocycles. The molecule has 0 aliphatic heterocycles. The van der Waals surface area contributed by atoms with E-state index >= 15 is 0 Å². The molecule has 0 aliphatic rings. The Balaban J connectivity index is 4.07. The molecule has 0 bridgehead atoms. The van der Waals surface area contributed by atoms with E-state index in [4.69, 9.17) is 5.11 Å². The first-order valence-electron chi connectivity index (χ1n) is 6.62. The van der Waals surface area contributed by atoms with Crippen LogP contribution >= 0.6 is 0 Å². The monoisotopic (exact) mass is 244 g/mol. The first-order chi connectivity index (χ1) is 7.99. The number of hydrogen-bond donors (Lipinski definition) is 3. The fourth-order valence-corrected chi connectivity index (χ4v) is 1.81. The second kappa shape index (κ2) is 8.34. The SMILES string of the molecule is CCC(CC)(CCO)CNC(=O)NCC(C)C. The predicted octanol–water partition coefficient (Wildman–Crippen LogP) is 2.13. The molecular formula is C13H28N2O2. The number of aliphatic hydroxyl groups excluding tert-OH is 1. The lowest BCUT2D eigenvalue weighted by Gasteiger charge is -2.31. The number of carbonyl (C=O) groups excluding carboxylic acids is 1. The van der Waals surface area contributed by atoms with E-state index < -0.39 is 0 Å². The molecule has 4 heteroatoms. The number of aliphatic hydroxyl groups is 1. The van der Waals surface area contributed by atoms with Gasteiger partial charge in [0.2, 0.25) is 0 Å². The molecule has 17 heavy (non-hydrogen) atoms. The fourth-order valence-electron chi connectivity index (χ4n) is 1.81. The van der Waals surface area contributed by atoms with Gasteiger partial charge in [-0.15, -0.1) is 0 Å². The van der Waals surface area contributed by atoms with Crippen molar-refractivity contribution in [2.45, 2.75) is 47.0 Å². The van der Waals surface area contributed by atoms with E-state index in [1.54, 1.807) is 0 Å². The fraction of sp³-hybridized carbons (Fsp3) is 0.923. The lowest BCUT2D eigenvalue weighted by Crippen LogP contribution is -2.43. The molecule has 0 unspecified atom stereocenters. The van der Waals surface area contributed by atoms with E-state index in [2.05, 4.69) is 38.3 Å². The number of nitrogens with one attached hydrogen (secondary N) is 2. The van der Waals surface area contributed by atoms with Crippen molar-refractivity contribution in [1.29, 1.82) is 0 Å². The first kappa shape index (κ1) is 16.2. The molecule has 0 rings (SSSR count). The molecule has 4 nitrogen and oxygen atoms in total. The highest BCUT2D eigenvalue weighted by molar-refractivity contribution is 5.73. The number of carbonyl (C=O) groups is 1. The van der Waals surface area contributed by atoms with Crippen LogP contribution in [0, 0.1) is 11.3 Å². The standard InChI is InChI=1S/C13H28N2O2/c1-5-13(6-2,7-8-16)10-15-12(17)14-9-11(3)4/h11,16H,5-10H2,1-4H3,(H2,14,15,17). The minimum atomic E-state index is -0.108. The average molecular weight is 244 g/mol. The second-order valence-electron chi connectivity index (χ2n) is 5.14. The lowest BCUT2D eigenvalue weighted by molar-refractivity contribution is 0.163. The molecular weight excluding hydrogens is 216 g/mol. The Morgan fingerprint density at radius 2 is 1.82 bits per heavy atom. The zero-order valence-corrected chi connectivity index (χ0v) is 11.7. The first-order valence-corrected chi connectivity index (χ1v) is 6.62. The van der Waals surface area contributed by atoms with Crippen LogP contribution in [-0.2, 0) is 0 Å². The third kappa shape index (κ3) is 6.51. The van der Waals surface area contributed by atoms with Crippen molar-refractivity contribution < 1.29 is 9.90 Å². The Kier molecular flexibility index (Phi) is 7.96. The van der Waals surface area contributed by atoms with Gasteiger partial charge >= 0.3 is 6.03 Å². The van der Waals surface area contributed by atoms with Gasteiger partial charge in [0.05, 0.1) is 0 Å². The Labute approximate surface area is 105 Å². The van der Waals surface area contributed by atoms with Crippen LogP contribution in [0.3, 0.4) is 0 Å². The molecule has 0 aromatic rings. The van der Waals surface area contributed by atoms with Crippen LogP contribution in [0.1, 0.15) is 47.0 Å². The summed E-state index contributed by atoms with van der Waals surface area (Å²) in [6.07, 6.45) is 2.67. The zero-order chi connectivity index (χ0) is 13.3. The molecule has 0 saturated heterocycles. The molecule has 102 valence electrons. The molecule has 0 fully saturated rings. The summed E-state index contributed by atoms with van der Waals surface area (Å²) >= 11 is 0. The summed E-state index contributed by atoms with van der Waals surface area (Å²) in [5, 5.41) is 14.8. The quantitative estimate of drug-likeness (QED) is 0.612. The van der Waals surface area contributed by atoms with Crippen LogP contribution in [0.15, 0.2) is 0 Å². The van der Waals surface area contributed by atoms with Crippen molar-refractivity contribution in [1.82, 2.24) is 10.6 Å². The van der Waals surface area contributed by atoms with E-state index in [9.17, 15) is 4.79 Å². The Morgan fingerprint density at radius 1 is 1.24 bits per heavy atom. The van der Waals surface area contributed by atoms with Gasteiger partial charge < -0.3 is 15.7 Å². The number of urea groups is 1. The molecule has 3 N–H and O–H groups in total. The van der Waals surface area contributed by atoms with E-state index in [0.29, 0.717) is 19.0 Å². The zero-order valence-electron chi connectivity index (χ0n) is 11.7. The third-order valence-corrected chi connectivity index (χ3v) is 3.44. The van der Waals surface area contributed by atoms with E-state index in [1.807, 2.05) is 0 Å². The van der Waals surface area contributed by atoms with Crippen molar-refractivity contribution in [3.63, 3.8) is 0 Å². The summed E-state index contributed by atoms with van der Waals surface area (Å²) in [6.45, 7) is 9.83. The van der Waals surface area contributed by atoms with Gasteiger partial charge in [0.1, 0.15) is 0 Å². The highest BCUT2D eigenvalue weighted by atomic mass is 16.3. The molecule has 0 saturated carbocycles. The van der Waals surface area contributed by atoms with Crippen molar-refractivity contribution in [2.75, 3.05) is 19.7 Å². The van der Waals surface area contributed by atoms with Crippen molar-refractivity contribution in [3.05, 3.63) is 0 Å². The number of hydrogen-bond acceptors (Lipinski definition) is 2. The maximum atomic E-state index is 11.5. The van der Waals surface area contributed by atoms with E-state index in [0.717, 1.165) is 19.3 Å². The van der Waals surface area contributed by atoms with E-state index in [-0.39, 0.29) is 18.1 Å². The summed E-state index contributed by atoms with van der Waals surface area (Å²) in [6, 6.07) is -0.108. The second-order valence-corrected chi connectivity index (χ2v) is 5.14. The van der Waals surface area contributed by atoms with Gasteiger partial charge in [-0.1, -0.05) is 27.7 Å². The van der Waals surface area contributed by atoms with Gasteiger partial charge in [-0.2, -0.15) is 0 Å². The largest absolute Gasteiger partial charge is 0.396 e. The maximum Gasteiger partial charge on any atom is 0.314 e. The molecule has 0 aromatic heterocycles. The van der Waals surface area contributed by atoms with Crippen LogP contribution < -0.4 is 10.6 Å². The van der Waals surface area contributed by atoms with Crippen molar-refractivity contribution in [3.8, 4) is 0 Å². The smallest absolute Gasteiger partial charge is 0.314 e. The van der Waals surface area contributed by atoms with Gasteiger partial charge in [-0.05, 0) is 30.6 Å². The molecule has 0 spiro atoms. The van der Waals surface area contributed by atoms with Gasteiger partial charge in [-0.3, -0.25) is 0 Å².